The number of benzene rings is 1. The summed E-state index contributed by atoms with van der Waals surface area (Å²) in [4.78, 5) is 0. The SMILES string of the molecule is CC1=CC(C(c2ccc(C)c(C)c2)(C(F)(F)F)C(F)(F)F)=CC[C@@H]1I. The van der Waals surface area contributed by atoms with Gasteiger partial charge in [-0.2, -0.15) is 26.3 Å². The highest BCUT2D eigenvalue weighted by molar-refractivity contribution is 14.1. The van der Waals surface area contributed by atoms with Crippen molar-refractivity contribution in [2.24, 2.45) is 0 Å². The summed E-state index contributed by atoms with van der Waals surface area (Å²) in [5, 5.41) is 0. The molecule has 1 aromatic carbocycles. The zero-order valence-corrected chi connectivity index (χ0v) is 16.0. The van der Waals surface area contributed by atoms with Crippen LogP contribution in [0.5, 0.6) is 0 Å². The summed E-state index contributed by atoms with van der Waals surface area (Å²) < 4.78 is 83.9. The molecule has 0 N–H and O–H groups in total. The number of rotatable bonds is 2. The van der Waals surface area contributed by atoms with Gasteiger partial charge in [0.25, 0.3) is 0 Å². The number of allylic oxidation sites excluding steroid dienone is 4. The highest BCUT2D eigenvalue weighted by atomic mass is 127. The molecule has 0 nitrogen and oxygen atoms in total. The van der Waals surface area contributed by atoms with Crippen molar-refractivity contribution < 1.29 is 26.3 Å². The van der Waals surface area contributed by atoms with Crippen LogP contribution in [0, 0.1) is 13.8 Å². The van der Waals surface area contributed by atoms with Crippen molar-refractivity contribution >= 4 is 22.6 Å². The molecule has 0 saturated heterocycles. The van der Waals surface area contributed by atoms with Crippen molar-refractivity contribution in [1.29, 1.82) is 0 Å². The van der Waals surface area contributed by atoms with Gasteiger partial charge in [-0.25, -0.2) is 0 Å². The highest BCUT2D eigenvalue weighted by Gasteiger charge is 2.73. The first-order chi connectivity index (χ1) is 11.3. The predicted molar refractivity (Wildman–Crippen MR) is 94.0 cm³/mol. The fourth-order valence-electron chi connectivity index (χ4n) is 3.03. The van der Waals surface area contributed by atoms with E-state index in [-0.39, 0.29) is 10.3 Å². The average molecular weight is 474 g/mol. The van der Waals surface area contributed by atoms with Crippen LogP contribution in [0.1, 0.15) is 30.0 Å². The molecule has 0 aromatic heterocycles. The minimum Gasteiger partial charge on any atom is -0.169 e. The number of halogens is 7. The number of aryl methyl sites for hydroxylation is 2. The zero-order chi connectivity index (χ0) is 19.2. The minimum atomic E-state index is -5.52. The van der Waals surface area contributed by atoms with Gasteiger partial charge in [-0.15, -0.1) is 0 Å². The molecule has 0 unspecified atom stereocenters. The average Bonchev–Trinajstić information content (AvgIpc) is 2.44. The summed E-state index contributed by atoms with van der Waals surface area (Å²) in [6.07, 6.45) is -8.80. The summed E-state index contributed by atoms with van der Waals surface area (Å²) in [6, 6.07) is 3.23. The standard InChI is InChI=1S/C18H17F6I/c1-10-4-5-13(8-11(10)2)16(17(19,20)21,18(22,23)24)14-6-7-15(25)12(3)9-14/h4-6,8-9,15H,7H2,1-3H3/t15-/m0/s1. The van der Waals surface area contributed by atoms with E-state index in [0.29, 0.717) is 16.7 Å². The van der Waals surface area contributed by atoms with Crippen molar-refractivity contribution in [3.63, 3.8) is 0 Å². The van der Waals surface area contributed by atoms with Crippen LogP contribution in [0.25, 0.3) is 0 Å². The van der Waals surface area contributed by atoms with Gasteiger partial charge in [0.1, 0.15) is 0 Å². The van der Waals surface area contributed by atoms with Gasteiger partial charge in [0.05, 0.1) is 0 Å². The summed E-state index contributed by atoms with van der Waals surface area (Å²) in [6.45, 7) is 4.71. The van der Waals surface area contributed by atoms with Gasteiger partial charge >= 0.3 is 12.4 Å². The Morgan fingerprint density at radius 2 is 1.48 bits per heavy atom. The molecule has 1 aliphatic carbocycles. The molecule has 138 valence electrons. The lowest BCUT2D eigenvalue weighted by Crippen LogP contribution is -2.55. The van der Waals surface area contributed by atoms with E-state index in [9.17, 15) is 26.3 Å². The van der Waals surface area contributed by atoms with Gasteiger partial charge < -0.3 is 0 Å². The number of alkyl halides is 7. The molecule has 0 amide bonds. The summed E-state index contributed by atoms with van der Waals surface area (Å²) in [5.41, 5.74) is -4.05. The Balaban J connectivity index is 2.86. The van der Waals surface area contributed by atoms with Crippen LogP contribution in [0.2, 0.25) is 0 Å². The molecule has 7 heteroatoms. The largest absolute Gasteiger partial charge is 0.411 e. The molecule has 1 atom stereocenters. The first-order valence-corrected chi connectivity index (χ1v) is 8.81. The van der Waals surface area contributed by atoms with Crippen molar-refractivity contribution in [3.05, 3.63) is 58.2 Å². The Bertz CT molecular complexity index is 710. The topological polar surface area (TPSA) is 0 Å². The van der Waals surface area contributed by atoms with Crippen LogP contribution in [-0.4, -0.2) is 16.3 Å². The van der Waals surface area contributed by atoms with Crippen LogP contribution in [0.15, 0.2) is 41.5 Å². The molecule has 0 spiro atoms. The zero-order valence-electron chi connectivity index (χ0n) is 13.8. The van der Waals surface area contributed by atoms with E-state index < -0.39 is 28.9 Å². The van der Waals surface area contributed by atoms with E-state index in [0.717, 1.165) is 24.3 Å². The van der Waals surface area contributed by atoms with E-state index in [1.54, 1.807) is 13.8 Å². The van der Waals surface area contributed by atoms with Crippen LogP contribution < -0.4 is 0 Å². The van der Waals surface area contributed by atoms with Gasteiger partial charge in [0.2, 0.25) is 5.41 Å². The van der Waals surface area contributed by atoms with Crippen molar-refractivity contribution in [2.45, 2.75) is 48.9 Å². The summed E-state index contributed by atoms with van der Waals surface area (Å²) in [5.74, 6) is 0. The highest BCUT2D eigenvalue weighted by Crippen LogP contribution is 2.57. The maximum absolute atomic E-state index is 14.0. The number of hydrogen-bond donors (Lipinski definition) is 0. The first kappa shape index (κ1) is 20.3. The smallest absolute Gasteiger partial charge is 0.169 e. The first-order valence-electron chi connectivity index (χ1n) is 7.56. The third-order valence-corrected chi connectivity index (χ3v) is 6.14. The van der Waals surface area contributed by atoms with Crippen molar-refractivity contribution in [3.8, 4) is 0 Å². The molecule has 0 saturated carbocycles. The van der Waals surface area contributed by atoms with Crippen LogP contribution in [0.3, 0.4) is 0 Å². The van der Waals surface area contributed by atoms with Crippen LogP contribution >= 0.6 is 22.6 Å². The third kappa shape index (κ3) is 3.36. The Hall–Kier alpha value is -0.990. The second kappa shape index (κ2) is 6.63. The third-order valence-electron chi connectivity index (χ3n) is 4.65. The van der Waals surface area contributed by atoms with Gasteiger partial charge in [0.15, 0.2) is 0 Å². The van der Waals surface area contributed by atoms with Gasteiger partial charge in [0, 0.05) is 3.92 Å². The number of hydrogen-bond acceptors (Lipinski definition) is 0. The molecule has 0 aliphatic heterocycles. The van der Waals surface area contributed by atoms with Gasteiger partial charge in [-0.3, -0.25) is 0 Å². The summed E-state index contributed by atoms with van der Waals surface area (Å²) >= 11 is 2.01. The lowest BCUT2D eigenvalue weighted by atomic mass is 9.70. The molecule has 25 heavy (non-hydrogen) atoms. The summed E-state index contributed by atoms with van der Waals surface area (Å²) in [7, 11) is 0. The Morgan fingerprint density at radius 1 is 0.920 bits per heavy atom. The Labute approximate surface area is 156 Å². The Morgan fingerprint density at radius 3 is 1.92 bits per heavy atom. The second-order valence-electron chi connectivity index (χ2n) is 6.30. The molecule has 0 heterocycles. The molecule has 2 rings (SSSR count). The molecular formula is C18H17F6I. The normalized spacial score (nSPS) is 19.5. The molecule has 1 aliphatic rings. The lowest BCUT2D eigenvalue weighted by Gasteiger charge is -2.40. The molecule has 1 aromatic rings. The van der Waals surface area contributed by atoms with Crippen molar-refractivity contribution in [1.82, 2.24) is 0 Å². The lowest BCUT2D eigenvalue weighted by molar-refractivity contribution is -0.289. The van der Waals surface area contributed by atoms with E-state index in [1.165, 1.54) is 13.0 Å². The van der Waals surface area contributed by atoms with Crippen molar-refractivity contribution in [2.75, 3.05) is 0 Å². The minimum absolute atomic E-state index is 0.111. The van der Waals surface area contributed by atoms with Gasteiger partial charge in [-0.05, 0) is 49.5 Å². The molecule has 0 fully saturated rings. The molecule has 0 radical (unpaired) electrons. The monoisotopic (exact) mass is 474 g/mol. The van der Waals surface area contributed by atoms with E-state index in [2.05, 4.69) is 0 Å². The van der Waals surface area contributed by atoms with E-state index in [1.807, 2.05) is 22.6 Å². The molecular weight excluding hydrogens is 457 g/mol. The van der Waals surface area contributed by atoms with E-state index in [4.69, 9.17) is 0 Å². The second-order valence-corrected chi connectivity index (χ2v) is 7.80. The molecule has 0 bridgehead atoms. The maximum atomic E-state index is 14.0. The van der Waals surface area contributed by atoms with Crippen LogP contribution in [0.4, 0.5) is 26.3 Å². The quantitative estimate of drug-likeness (QED) is 0.253. The van der Waals surface area contributed by atoms with E-state index >= 15 is 0 Å². The predicted octanol–water partition coefficient (Wildman–Crippen LogP) is 6.75. The fraction of sp³-hybridized carbons (Fsp3) is 0.444. The Kier molecular flexibility index (Phi) is 5.39. The van der Waals surface area contributed by atoms with Gasteiger partial charge in [-0.1, -0.05) is 58.5 Å². The van der Waals surface area contributed by atoms with Crippen LogP contribution in [-0.2, 0) is 5.41 Å². The fourth-order valence-corrected chi connectivity index (χ4v) is 3.46. The maximum Gasteiger partial charge on any atom is 0.411 e.